The molecule has 1 aliphatic carbocycles. The lowest BCUT2D eigenvalue weighted by Gasteiger charge is -2.42. The Balaban J connectivity index is 1.81. The van der Waals surface area contributed by atoms with E-state index in [1.165, 1.54) is 31.2 Å². The van der Waals surface area contributed by atoms with Gasteiger partial charge in [0.1, 0.15) is 6.10 Å². The Labute approximate surface area is 257 Å². The lowest BCUT2D eigenvalue weighted by molar-refractivity contribution is -0.158. The van der Waals surface area contributed by atoms with Gasteiger partial charge < -0.3 is 19.3 Å². The molecule has 5 atom stereocenters. The Hall–Kier alpha value is -1.76. The zero-order valence-corrected chi connectivity index (χ0v) is 27.4. The molecule has 0 heterocycles. The third-order valence-electron chi connectivity index (χ3n) is 9.46. The van der Waals surface area contributed by atoms with Gasteiger partial charge in [-0.25, -0.2) is 0 Å². The predicted molar refractivity (Wildman–Crippen MR) is 174 cm³/mol. The van der Waals surface area contributed by atoms with E-state index < -0.39 is 5.60 Å². The third kappa shape index (κ3) is 10.4. The van der Waals surface area contributed by atoms with Crippen molar-refractivity contribution in [2.24, 2.45) is 5.41 Å². The molecule has 1 N–H and O–H groups in total. The van der Waals surface area contributed by atoms with Crippen molar-refractivity contribution in [1.82, 2.24) is 4.90 Å². The highest BCUT2D eigenvalue weighted by atomic mass is 16.6. The molecule has 5 heteroatoms. The molecular formula is C37H59NO4. The van der Waals surface area contributed by atoms with Crippen molar-refractivity contribution in [3.63, 3.8) is 0 Å². The Kier molecular flexibility index (Phi) is 14.5. The highest BCUT2D eigenvalue weighted by molar-refractivity contribution is 5.15. The van der Waals surface area contributed by atoms with Crippen molar-refractivity contribution in [3.05, 3.63) is 71.8 Å². The van der Waals surface area contributed by atoms with Gasteiger partial charge in [-0.2, -0.15) is 0 Å². The van der Waals surface area contributed by atoms with Crippen molar-refractivity contribution in [2.45, 2.75) is 136 Å². The molecule has 0 amide bonds. The molecule has 0 bridgehead atoms. The van der Waals surface area contributed by atoms with Crippen LogP contribution < -0.4 is 0 Å². The molecular weight excluding hydrogens is 522 g/mol. The van der Waals surface area contributed by atoms with Gasteiger partial charge in [0.2, 0.25) is 0 Å². The van der Waals surface area contributed by atoms with E-state index in [-0.39, 0.29) is 36.4 Å². The van der Waals surface area contributed by atoms with Gasteiger partial charge in [0.25, 0.3) is 0 Å². The summed E-state index contributed by atoms with van der Waals surface area (Å²) in [4.78, 5) is 2.44. The molecule has 1 fully saturated rings. The molecule has 2 aromatic carbocycles. The van der Waals surface area contributed by atoms with Crippen molar-refractivity contribution in [1.29, 1.82) is 0 Å². The number of benzene rings is 2. The largest absolute Gasteiger partial charge is 0.387 e. The summed E-state index contributed by atoms with van der Waals surface area (Å²) in [6.45, 7) is 13.1. The molecule has 1 saturated carbocycles. The summed E-state index contributed by atoms with van der Waals surface area (Å²) in [5.74, 6) is 0. The quantitative estimate of drug-likeness (QED) is 0.160. The van der Waals surface area contributed by atoms with Crippen LogP contribution in [0.4, 0.5) is 0 Å². The van der Waals surface area contributed by atoms with Crippen molar-refractivity contribution in [2.75, 3.05) is 20.2 Å². The standard InChI is InChI=1S/C37H59NO4/c1-7-9-11-12-19-25-38(6)34-32(40-27-30-20-15-13-16-21-30)26-33(41-28-31-22-17-14-18-23-31)35(34)42-29-37(5,39)36(3,4)24-10-8-2/h13-18,20-23,32-35,39H,7-12,19,24-29H2,1-6H3/t32-,33+,34+,35+,37?/m0/s1. The van der Waals surface area contributed by atoms with E-state index in [2.05, 4.69) is 88.2 Å². The second-order valence-corrected chi connectivity index (χ2v) is 13.3. The van der Waals surface area contributed by atoms with Crippen LogP contribution in [0.15, 0.2) is 60.7 Å². The normalized spacial score (nSPS) is 22.5. The van der Waals surface area contributed by atoms with Crippen molar-refractivity contribution in [3.8, 4) is 0 Å². The summed E-state index contributed by atoms with van der Waals surface area (Å²) in [6, 6.07) is 20.8. The maximum Gasteiger partial charge on any atom is 0.102 e. The van der Waals surface area contributed by atoms with Crippen molar-refractivity contribution >= 4 is 0 Å². The molecule has 0 aliphatic heterocycles. The summed E-state index contributed by atoms with van der Waals surface area (Å²) in [5.41, 5.74) is 1.10. The van der Waals surface area contributed by atoms with Gasteiger partial charge >= 0.3 is 0 Å². The van der Waals surface area contributed by atoms with Crippen LogP contribution in [0.5, 0.6) is 0 Å². The second kappa shape index (κ2) is 17.5. The fraction of sp³-hybridized carbons (Fsp3) is 0.676. The maximum atomic E-state index is 11.7. The number of unbranched alkanes of at least 4 members (excludes halogenated alkanes) is 5. The fourth-order valence-corrected chi connectivity index (χ4v) is 6.01. The summed E-state index contributed by atoms with van der Waals surface area (Å²) < 4.78 is 20.1. The number of hydrogen-bond donors (Lipinski definition) is 1. The lowest BCUT2D eigenvalue weighted by Crippen LogP contribution is -2.52. The third-order valence-corrected chi connectivity index (χ3v) is 9.46. The van der Waals surface area contributed by atoms with E-state index in [9.17, 15) is 5.11 Å². The first-order valence-corrected chi connectivity index (χ1v) is 16.5. The van der Waals surface area contributed by atoms with Gasteiger partial charge in [0, 0.05) is 6.42 Å². The highest BCUT2D eigenvalue weighted by Crippen LogP contribution is 2.39. The average molecular weight is 582 g/mol. The van der Waals surface area contributed by atoms with Gasteiger partial charge in [-0.3, -0.25) is 4.90 Å². The van der Waals surface area contributed by atoms with Crippen molar-refractivity contribution < 1.29 is 19.3 Å². The monoisotopic (exact) mass is 581 g/mol. The number of hydrogen-bond acceptors (Lipinski definition) is 5. The first-order chi connectivity index (χ1) is 20.2. The molecule has 5 nitrogen and oxygen atoms in total. The number of aliphatic hydroxyl groups is 1. The van der Waals surface area contributed by atoms with E-state index in [4.69, 9.17) is 14.2 Å². The molecule has 2 aromatic rings. The van der Waals surface area contributed by atoms with Crippen LogP contribution in [-0.2, 0) is 27.4 Å². The Bertz CT molecular complexity index is 980. The van der Waals surface area contributed by atoms with E-state index in [1.807, 2.05) is 19.1 Å². The van der Waals surface area contributed by atoms with Crippen LogP contribution in [0.1, 0.15) is 104 Å². The SMILES string of the molecule is CCCCCCCN(C)[C@H]1[C@H](OCC(C)(O)C(C)(C)CCCC)[C@H](OCc2ccccc2)C[C@@H]1OCc1ccccc1. The van der Waals surface area contributed by atoms with Crippen LogP contribution in [0, 0.1) is 5.41 Å². The predicted octanol–water partition coefficient (Wildman–Crippen LogP) is 8.18. The smallest absolute Gasteiger partial charge is 0.102 e. The first kappa shape index (κ1) is 34.7. The van der Waals surface area contributed by atoms with Crippen LogP contribution in [0.25, 0.3) is 0 Å². The zero-order valence-electron chi connectivity index (χ0n) is 27.4. The Morgan fingerprint density at radius 2 is 1.29 bits per heavy atom. The second-order valence-electron chi connectivity index (χ2n) is 13.3. The van der Waals surface area contributed by atoms with Gasteiger partial charge in [-0.1, -0.05) is 127 Å². The minimum atomic E-state index is -0.960. The summed E-state index contributed by atoms with van der Waals surface area (Å²) >= 11 is 0. The zero-order chi connectivity index (χ0) is 30.4. The molecule has 1 aliphatic rings. The maximum absolute atomic E-state index is 11.7. The van der Waals surface area contributed by atoms with Gasteiger partial charge in [0.05, 0.1) is 43.7 Å². The van der Waals surface area contributed by atoms with E-state index in [0.29, 0.717) is 13.2 Å². The van der Waals surface area contributed by atoms with Gasteiger partial charge in [-0.15, -0.1) is 0 Å². The number of likely N-dealkylation sites (N-methyl/N-ethyl adjacent to an activating group) is 1. The summed E-state index contributed by atoms with van der Waals surface area (Å²) in [7, 11) is 2.21. The minimum absolute atomic E-state index is 0.0327. The first-order valence-electron chi connectivity index (χ1n) is 16.5. The molecule has 0 aromatic heterocycles. The Morgan fingerprint density at radius 3 is 1.86 bits per heavy atom. The number of rotatable bonds is 20. The molecule has 236 valence electrons. The van der Waals surface area contributed by atoms with Crippen LogP contribution in [0.3, 0.4) is 0 Å². The van der Waals surface area contributed by atoms with E-state index >= 15 is 0 Å². The van der Waals surface area contributed by atoms with E-state index in [0.717, 1.165) is 44.2 Å². The fourth-order valence-electron chi connectivity index (χ4n) is 6.01. The van der Waals surface area contributed by atoms with Crippen LogP contribution in [-0.4, -0.2) is 60.2 Å². The Morgan fingerprint density at radius 1 is 0.738 bits per heavy atom. The molecule has 42 heavy (non-hydrogen) atoms. The number of nitrogens with zero attached hydrogens (tertiary/aromatic N) is 1. The molecule has 3 rings (SSSR count). The lowest BCUT2D eigenvalue weighted by atomic mass is 9.73. The molecule has 0 spiro atoms. The summed E-state index contributed by atoms with van der Waals surface area (Å²) in [6.07, 6.45) is 9.77. The van der Waals surface area contributed by atoms with Crippen LogP contribution in [0.2, 0.25) is 0 Å². The minimum Gasteiger partial charge on any atom is -0.387 e. The van der Waals surface area contributed by atoms with Crippen LogP contribution >= 0.6 is 0 Å². The topological polar surface area (TPSA) is 51.2 Å². The average Bonchev–Trinajstić information content (AvgIpc) is 3.35. The molecule has 0 radical (unpaired) electrons. The highest BCUT2D eigenvalue weighted by Gasteiger charge is 2.49. The van der Waals surface area contributed by atoms with E-state index in [1.54, 1.807) is 0 Å². The van der Waals surface area contributed by atoms with Gasteiger partial charge in [-0.05, 0) is 49.9 Å². The number of ether oxygens (including phenoxy) is 3. The van der Waals surface area contributed by atoms with Gasteiger partial charge in [0.15, 0.2) is 0 Å². The molecule has 0 saturated heterocycles. The summed E-state index contributed by atoms with van der Waals surface area (Å²) in [5, 5.41) is 11.7. The molecule has 1 unspecified atom stereocenters.